The van der Waals surface area contributed by atoms with Crippen molar-refractivity contribution in [3.8, 4) is 0 Å². The van der Waals surface area contributed by atoms with E-state index in [2.05, 4.69) is 4.98 Å². The molecule has 0 spiro atoms. The summed E-state index contributed by atoms with van der Waals surface area (Å²) in [5.41, 5.74) is 4.87. The van der Waals surface area contributed by atoms with Crippen molar-refractivity contribution in [2.75, 3.05) is 31.9 Å². The molecule has 1 saturated heterocycles. The van der Waals surface area contributed by atoms with Crippen LogP contribution in [0, 0.1) is 5.82 Å². The zero-order valence-corrected chi connectivity index (χ0v) is 13.5. The third-order valence-corrected chi connectivity index (χ3v) is 3.32. The van der Waals surface area contributed by atoms with E-state index in [-0.39, 0.29) is 17.3 Å². The zero-order chi connectivity index (χ0) is 17.2. The van der Waals surface area contributed by atoms with E-state index < -0.39 is 17.5 Å². The van der Waals surface area contributed by atoms with Gasteiger partial charge in [-0.3, -0.25) is 4.79 Å². The minimum Gasteiger partial charge on any atom is -0.444 e. The number of carbonyl (C=O) groups is 2. The first-order chi connectivity index (χ1) is 10.7. The molecule has 2 amide bonds. The average Bonchev–Trinajstić information content (AvgIpc) is 2.48. The smallest absolute Gasteiger partial charge is 0.410 e. The molecule has 7 nitrogen and oxygen atoms in total. The molecule has 1 aliphatic heterocycles. The fourth-order valence-electron chi connectivity index (χ4n) is 2.15. The van der Waals surface area contributed by atoms with E-state index in [4.69, 9.17) is 10.5 Å². The van der Waals surface area contributed by atoms with Gasteiger partial charge in [-0.25, -0.2) is 14.2 Å². The number of amides is 2. The SMILES string of the molecule is CC(C)(C)OC(=O)N1CCN(C(=O)c2cc(N)c(F)cn2)CC1. The van der Waals surface area contributed by atoms with Gasteiger partial charge in [0.05, 0.1) is 11.9 Å². The molecular weight excluding hydrogens is 303 g/mol. The molecule has 0 aliphatic carbocycles. The number of ether oxygens (including phenoxy) is 1. The number of carbonyl (C=O) groups excluding carboxylic acids is 2. The van der Waals surface area contributed by atoms with Crippen LogP contribution < -0.4 is 5.73 Å². The van der Waals surface area contributed by atoms with Crippen LogP contribution in [0.2, 0.25) is 0 Å². The van der Waals surface area contributed by atoms with Gasteiger partial charge in [0.15, 0.2) is 5.82 Å². The molecule has 0 radical (unpaired) electrons. The van der Waals surface area contributed by atoms with Crippen molar-refractivity contribution in [1.29, 1.82) is 0 Å². The Labute approximate surface area is 134 Å². The number of rotatable bonds is 1. The third-order valence-electron chi connectivity index (χ3n) is 3.32. The van der Waals surface area contributed by atoms with Crippen LogP contribution >= 0.6 is 0 Å². The first-order valence-corrected chi connectivity index (χ1v) is 7.35. The molecule has 0 saturated carbocycles. The van der Waals surface area contributed by atoms with Gasteiger partial charge in [0.1, 0.15) is 11.3 Å². The molecule has 0 aromatic carbocycles. The molecule has 0 bridgehead atoms. The zero-order valence-electron chi connectivity index (χ0n) is 13.5. The molecule has 8 heteroatoms. The number of nitrogens with zero attached hydrogens (tertiary/aromatic N) is 3. The Bertz CT molecular complexity index is 607. The van der Waals surface area contributed by atoms with Crippen LogP contribution in [0.5, 0.6) is 0 Å². The average molecular weight is 324 g/mol. The monoisotopic (exact) mass is 324 g/mol. The normalized spacial score (nSPS) is 15.5. The topological polar surface area (TPSA) is 88.8 Å². The Morgan fingerprint density at radius 3 is 2.30 bits per heavy atom. The van der Waals surface area contributed by atoms with Gasteiger partial charge in [-0.15, -0.1) is 0 Å². The number of halogens is 1. The van der Waals surface area contributed by atoms with Crippen LogP contribution in [0.25, 0.3) is 0 Å². The maximum atomic E-state index is 13.1. The summed E-state index contributed by atoms with van der Waals surface area (Å²) >= 11 is 0. The van der Waals surface area contributed by atoms with Crippen LogP contribution in [0.4, 0.5) is 14.9 Å². The van der Waals surface area contributed by atoms with Crippen molar-refractivity contribution in [3.63, 3.8) is 0 Å². The summed E-state index contributed by atoms with van der Waals surface area (Å²) in [6.45, 7) is 6.86. The van der Waals surface area contributed by atoms with Gasteiger partial charge in [0.25, 0.3) is 5.91 Å². The first-order valence-electron chi connectivity index (χ1n) is 7.35. The van der Waals surface area contributed by atoms with Gasteiger partial charge in [-0.05, 0) is 26.8 Å². The molecule has 2 N–H and O–H groups in total. The Kier molecular flexibility index (Phi) is 4.72. The van der Waals surface area contributed by atoms with E-state index in [9.17, 15) is 14.0 Å². The Balaban J connectivity index is 1.94. The van der Waals surface area contributed by atoms with Crippen LogP contribution in [-0.2, 0) is 4.74 Å². The van der Waals surface area contributed by atoms with E-state index in [0.29, 0.717) is 26.2 Å². The minimum atomic E-state index is -0.656. The Morgan fingerprint density at radius 1 is 1.22 bits per heavy atom. The molecule has 1 fully saturated rings. The molecular formula is C15H21FN4O3. The van der Waals surface area contributed by atoms with Gasteiger partial charge in [0, 0.05) is 26.2 Å². The highest BCUT2D eigenvalue weighted by Gasteiger charge is 2.28. The van der Waals surface area contributed by atoms with Crippen molar-refractivity contribution in [2.24, 2.45) is 0 Å². The Hall–Kier alpha value is -2.38. The minimum absolute atomic E-state index is 0.0922. The molecule has 1 aromatic rings. The second-order valence-electron chi connectivity index (χ2n) is 6.35. The molecule has 1 aliphatic rings. The second kappa shape index (κ2) is 6.39. The summed E-state index contributed by atoms with van der Waals surface area (Å²) in [5.74, 6) is -0.989. The van der Waals surface area contributed by atoms with Crippen LogP contribution in [0.1, 0.15) is 31.3 Å². The standard InChI is InChI=1S/C15H21FN4O3/c1-15(2,3)23-14(22)20-6-4-19(5-7-20)13(21)12-8-11(17)10(16)9-18-12/h8-9H,4-7H2,1-3H3,(H2,17,18). The summed E-state index contributed by atoms with van der Waals surface area (Å²) in [5, 5.41) is 0. The Morgan fingerprint density at radius 2 is 1.78 bits per heavy atom. The van der Waals surface area contributed by atoms with Crippen molar-refractivity contribution < 1.29 is 18.7 Å². The number of hydrogen-bond donors (Lipinski definition) is 1. The first kappa shape index (κ1) is 17.0. The van der Waals surface area contributed by atoms with Crippen LogP contribution in [-0.4, -0.2) is 58.6 Å². The summed E-state index contributed by atoms with van der Waals surface area (Å²) in [6.07, 6.45) is 0.535. The van der Waals surface area contributed by atoms with E-state index >= 15 is 0 Å². The quantitative estimate of drug-likeness (QED) is 0.845. The van der Waals surface area contributed by atoms with Gasteiger partial charge in [-0.2, -0.15) is 0 Å². The summed E-state index contributed by atoms with van der Waals surface area (Å²) in [6, 6.07) is 1.22. The largest absolute Gasteiger partial charge is 0.444 e. The predicted octanol–water partition coefficient (Wildman–Crippen LogP) is 1.50. The number of nitrogen functional groups attached to an aromatic ring is 1. The molecule has 2 rings (SSSR count). The van der Waals surface area contributed by atoms with Gasteiger partial charge in [-0.1, -0.05) is 0 Å². The van der Waals surface area contributed by atoms with Crippen LogP contribution in [0.3, 0.4) is 0 Å². The molecule has 0 unspecified atom stereocenters. The summed E-state index contributed by atoms with van der Waals surface area (Å²) < 4.78 is 18.4. The van der Waals surface area contributed by atoms with Crippen molar-refractivity contribution >= 4 is 17.7 Å². The number of aromatic nitrogens is 1. The van der Waals surface area contributed by atoms with E-state index in [1.54, 1.807) is 30.6 Å². The van der Waals surface area contributed by atoms with E-state index in [1.807, 2.05) is 0 Å². The highest BCUT2D eigenvalue weighted by molar-refractivity contribution is 5.93. The van der Waals surface area contributed by atoms with Crippen molar-refractivity contribution in [2.45, 2.75) is 26.4 Å². The van der Waals surface area contributed by atoms with Gasteiger partial charge < -0.3 is 20.3 Å². The summed E-state index contributed by atoms with van der Waals surface area (Å²) in [7, 11) is 0. The lowest BCUT2D eigenvalue weighted by Gasteiger charge is -2.35. The van der Waals surface area contributed by atoms with E-state index in [1.165, 1.54) is 6.07 Å². The van der Waals surface area contributed by atoms with Crippen LogP contribution in [0.15, 0.2) is 12.3 Å². The number of nitrogens with two attached hydrogens (primary N) is 1. The predicted molar refractivity (Wildman–Crippen MR) is 82.3 cm³/mol. The molecule has 126 valence electrons. The molecule has 2 heterocycles. The lowest BCUT2D eigenvalue weighted by molar-refractivity contribution is 0.0140. The summed E-state index contributed by atoms with van der Waals surface area (Å²) in [4.78, 5) is 31.2. The lowest BCUT2D eigenvalue weighted by atomic mass is 10.2. The fourth-order valence-corrected chi connectivity index (χ4v) is 2.15. The van der Waals surface area contributed by atoms with Gasteiger partial charge in [0.2, 0.25) is 0 Å². The number of anilines is 1. The maximum absolute atomic E-state index is 13.1. The second-order valence-corrected chi connectivity index (χ2v) is 6.35. The van der Waals surface area contributed by atoms with Crippen molar-refractivity contribution in [3.05, 3.63) is 23.8 Å². The fraction of sp³-hybridized carbons (Fsp3) is 0.533. The van der Waals surface area contributed by atoms with Crippen molar-refractivity contribution in [1.82, 2.24) is 14.8 Å². The molecule has 0 atom stereocenters. The lowest BCUT2D eigenvalue weighted by Crippen LogP contribution is -2.51. The molecule has 1 aromatic heterocycles. The molecule has 23 heavy (non-hydrogen) atoms. The van der Waals surface area contributed by atoms with E-state index in [0.717, 1.165) is 6.20 Å². The third kappa shape index (κ3) is 4.30. The maximum Gasteiger partial charge on any atom is 0.410 e. The number of hydrogen-bond acceptors (Lipinski definition) is 5. The van der Waals surface area contributed by atoms with Gasteiger partial charge >= 0.3 is 6.09 Å². The highest BCUT2D eigenvalue weighted by atomic mass is 19.1. The highest BCUT2D eigenvalue weighted by Crippen LogP contribution is 2.15. The number of piperazine rings is 1. The number of pyridine rings is 1.